The summed E-state index contributed by atoms with van der Waals surface area (Å²) in [4.78, 5) is 12.5. The SMILES string of the molecule is C=C[C@H]1c2cccc(OC)c2OC(=O)[C@@H]1P(=O)(OCC)OCC. The molecule has 0 saturated carbocycles. The third kappa shape index (κ3) is 3.20. The van der Waals surface area contributed by atoms with Gasteiger partial charge in [-0.05, 0) is 19.9 Å². The van der Waals surface area contributed by atoms with E-state index in [2.05, 4.69) is 6.58 Å². The van der Waals surface area contributed by atoms with Gasteiger partial charge in [-0.1, -0.05) is 18.2 Å². The van der Waals surface area contributed by atoms with E-state index in [-0.39, 0.29) is 13.2 Å². The summed E-state index contributed by atoms with van der Waals surface area (Å²) < 4.78 is 34.4. The Labute approximate surface area is 135 Å². The third-order valence-corrected chi connectivity index (χ3v) is 6.03. The number of fused-ring (bicyclic) bond motifs is 1. The van der Waals surface area contributed by atoms with Crippen LogP contribution >= 0.6 is 7.60 Å². The number of allylic oxidation sites excluding steroid dienone is 1. The Hall–Kier alpha value is -1.62. The fourth-order valence-electron chi connectivity index (χ4n) is 2.68. The Bertz CT molecular complexity index is 631. The number of carbonyl (C=O) groups excluding carboxylic acids is 1. The normalized spacial score (nSPS) is 20.6. The monoisotopic (exact) mass is 340 g/mol. The Morgan fingerprint density at radius 3 is 2.48 bits per heavy atom. The van der Waals surface area contributed by atoms with Crippen molar-refractivity contribution in [2.45, 2.75) is 25.4 Å². The predicted octanol–water partition coefficient (Wildman–Crippen LogP) is 3.52. The van der Waals surface area contributed by atoms with Crippen molar-refractivity contribution in [1.29, 1.82) is 0 Å². The van der Waals surface area contributed by atoms with Crippen LogP contribution in [0.5, 0.6) is 11.5 Å². The Balaban J connectivity index is 2.55. The average Bonchev–Trinajstić information content (AvgIpc) is 2.53. The van der Waals surface area contributed by atoms with Crippen LogP contribution in [0.25, 0.3) is 0 Å². The lowest BCUT2D eigenvalue weighted by Gasteiger charge is -2.34. The summed E-state index contributed by atoms with van der Waals surface area (Å²) in [6.07, 6.45) is 1.56. The first-order valence-corrected chi connectivity index (χ1v) is 9.03. The highest BCUT2D eigenvalue weighted by molar-refractivity contribution is 7.55. The van der Waals surface area contributed by atoms with Crippen molar-refractivity contribution in [3.8, 4) is 11.5 Å². The van der Waals surface area contributed by atoms with Crippen molar-refractivity contribution < 1.29 is 27.9 Å². The highest BCUT2D eigenvalue weighted by Crippen LogP contribution is 2.60. The lowest BCUT2D eigenvalue weighted by molar-refractivity contribution is -0.135. The van der Waals surface area contributed by atoms with E-state index in [1.807, 2.05) is 0 Å². The molecule has 0 fully saturated rings. The van der Waals surface area contributed by atoms with Crippen molar-refractivity contribution in [3.63, 3.8) is 0 Å². The van der Waals surface area contributed by atoms with E-state index < -0.39 is 25.1 Å². The number of methoxy groups -OCH3 is 1. The fourth-order valence-corrected chi connectivity index (χ4v) is 4.78. The van der Waals surface area contributed by atoms with Gasteiger partial charge in [0.1, 0.15) is 0 Å². The van der Waals surface area contributed by atoms with Crippen molar-refractivity contribution in [1.82, 2.24) is 0 Å². The molecule has 1 aliphatic heterocycles. The molecular weight excluding hydrogens is 319 g/mol. The number of para-hydroxylation sites is 1. The van der Waals surface area contributed by atoms with Crippen LogP contribution in [0.15, 0.2) is 30.9 Å². The van der Waals surface area contributed by atoms with Gasteiger partial charge in [-0.3, -0.25) is 9.36 Å². The molecule has 2 atom stereocenters. The third-order valence-electron chi connectivity index (χ3n) is 3.59. The van der Waals surface area contributed by atoms with Gasteiger partial charge < -0.3 is 18.5 Å². The molecule has 0 unspecified atom stereocenters. The molecule has 6 nitrogen and oxygen atoms in total. The molecule has 0 spiro atoms. The van der Waals surface area contributed by atoms with Crippen LogP contribution in [-0.2, 0) is 18.4 Å². The van der Waals surface area contributed by atoms with Gasteiger partial charge >= 0.3 is 13.6 Å². The summed E-state index contributed by atoms with van der Waals surface area (Å²) >= 11 is 0. The van der Waals surface area contributed by atoms with Gasteiger partial charge in [0, 0.05) is 11.5 Å². The van der Waals surface area contributed by atoms with Crippen LogP contribution in [0, 0.1) is 0 Å². The molecule has 0 N–H and O–H groups in total. The minimum atomic E-state index is -3.69. The standard InChI is InChI=1S/C16H21O6P/c1-5-11-12-9-8-10-13(19-4)14(12)22-16(17)15(11)23(18,20-6-2)21-7-3/h5,8-11,15H,1,6-7H2,2-4H3/t11-,15+/m0/s1. The van der Waals surface area contributed by atoms with Gasteiger partial charge in [0.15, 0.2) is 17.2 Å². The van der Waals surface area contributed by atoms with Crippen molar-refractivity contribution in [2.24, 2.45) is 0 Å². The highest BCUT2D eigenvalue weighted by atomic mass is 31.2. The zero-order valence-corrected chi connectivity index (χ0v) is 14.4. The molecular formula is C16H21O6P. The number of hydrogen-bond acceptors (Lipinski definition) is 6. The minimum Gasteiger partial charge on any atom is -0.493 e. The Morgan fingerprint density at radius 2 is 1.96 bits per heavy atom. The van der Waals surface area contributed by atoms with E-state index >= 15 is 0 Å². The van der Waals surface area contributed by atoms with E-state index in [1.54, 1.807) is 38.1 Å². The largest absolute Gasteiger partial charge is 0.493 e. The summed E-state index contributed by atoms with van der Waals surface area (Å²) in [6.45, 7) is 7.49. The van der Waals surface area contributed by atoms with E-state index in [0.717, 1.165) is 0 Å². The number of esters is 1. The molecule has 1 heterocycles. The van der Waals surface area contributed by atoms with Gasteiger partial charge in [-0.15, -0.1) is 6.58 Å². The van der Waals surface area contributed by atoms with Crippen LogP contribution in [0.4, 0.5) is 0 Å². The number of benzene rings is 1. The highest BCUT2D eigenvalue weighted by Gasteiger charge is 2.51. The van der Waals surface area contributed by atoms with Crippen LogP contribution in [0.2, 0.25) is 0 Å². The second kappa shape index (κ2) is 7.30. The molecule has 23 heavy (non-hydrogen) atoms. The Morgan fingerprint density at radius 1 is 1.30 bits per heavy atom. The molecule has 0 radical (unpaired) electrons. The minimum absolute atomic E-state index is 0.163. The first-order valence-electron chi connectivity index (χ1n) is 7.42. The van der Waals surface area contributed by atoms with Gasteiger partial charge in [0.2, 0.25) is 0 Å². The lowest BCUT2D eigenvalue weighted by Crippen LogP contribution is -2.37. The lowest BCUT2D eigenvalue weighted by atomic mass is 9.92. The maximum absolute atomic E-state index is 13.1. The number of carbonyl (C=O) groups is 1. The molecule has 126 valence electrons. The molecule has 0 bridgehead atoms. The molecule has 7 heteroatoms. The maximum Gasteiger partial charge on any atom is 0.345 e. The van der Waals surface area contributed by atoms with Gasteiger partial charge in [-0.2, -0.15) is 0 Å². The molecule has 2 rings (SSSR count). The van der Waals surface area contributed by atoms with Crippen molar-refractivity contribution >= 4 is 13.6 Å². The summed E-state index contributed by atoms with van der Waals surface area (Å²) in [5.41, 5.74) is -0.414. The summed E-state index contributed by atoms with van der Waals surface area (Å²) in [6, 6.07) is 5.25. The first kappa shape index (κ1) is 17.7. The second-order valence-corrected chi connectivity index (χ2v) is 7.03. The van der Waals surface area contributed by atoms with Gasteiger partial charge in [0.05, 0.1) is 20.3 Å². The molecule has 0 aromatic heterocycles. The Kier molecular flexibility index (Phi) is 5.63. The fraction of sp³-hybridized carbons (Fsp3) is 0.438. The van der Waals surface area contributed by atoms with Crippen molar-refractivity contribution in [2.75, 3.05) is 20.3 Å². The molecule has 0 amide bonds. The average molecular weight is 340 g/mol. The molecule has 1 aromatic rings. The van der Waals surface area contributed by atoms with Gasteiger partial charge in [0.25, 0.3) is 0 Å². The van der Waals surface area contributed by atoms with E-state index in [4.69, 9.17) is 18.5 Å². The summed E-state index contributed by atoms with van der Waals surface area (Å²) in [5.74, 6) is -0.466. The van der Waals surface area contributed by atoms with Crippen LogP contribution in [0.1, 0.15) is 25.3 Å². The van der Waals surface area contributed by atoms with E-state index in [0.29, 0.717) is 17.1 Å². The first-order chi connectivity index (χ1) is 11.0. The zero-order chi connectivity index (χ0) is 17.0. The summed E-state index contributed by atoms with van der Waals surface area (Å²) in [5, 5.41) is 0. The van der Waals surface area contributed by atoms with E-state index in [1.165, 1.54) is 7.11 Å². The van der Waals surface area contributed by atoms with Gasteiger partial charge in [-0.25, -0.2) is 0 Å². The molecule has 0 aliphatic carbocycles. The molecule has 0 saturated heterocycles. The quantitative estimate of drug-likeness (QED) is 0.327. The second-order valence-electron chi connectivity index (χ2n) is 4.88. The van der Waals surface area contributed by atoms with Crippen LogP contribution in [-0.4, -0.2) is 32.0 Å². The smallest absolute Gasteiger partial charge is 0.345 e. The molecule has 1 aliphatic rings. The number of rotatable bonds is 7. The summed E-state index contributed by atoms with van der Waals surface area (Å²) in [7, 11) is -2.20. The molecule has 1 aromatic carbocycles. The van der Waals surface area contributed by atoms with E-state index in [9.17, 15) is 9.36 Å². The number of ether oxygens (including phenoxy) is 2. The van der Waals surface area contributed by atoms with Crippen LogP contribution < -0.4 is 9.47 Å². The topological polar surface area (TPSA) is 71.1 Å². The maximum atomic E-state index is 13.1. The predicted molar refractivity (Wildman–Crippen MR) is 86.2 cm³/mol. The van der Waals surface area contributed by atoms with Crippen molar-refractivity contribution in [3.05, 3.63) is 36.4 Å². The van der Waals surface area contributed by atoms with Crippen LogP contribution in [0.3, 0.4) is 0 Å². The number of hydrogen-bond donors (Lipinski definition) is 0. The zero-order valence-electron chi connectivity index (χ0n) is 13.5.